The van der Waals surface area contributed by atoms with E-state index < -0.39 is 6.09 Å². The Kier molecular flexibility index (Phi) is 6.29. The quantitative estimate of drug-likeness (QED) is 0.631. The molecule has 0 unspecified atom stereocenters. The van der Waals surface area contributed by atoms with Crippen LogP contribution >= 0.6 is 0 Å². The molecule has 28 heavy (non-hydrogen) atoms. The number of carbonyl (C=O) groups is 1. The third kappa shape index (κ3) is 4.50. The van der Waals surface area contributed by atoms with Crippen LogP contribution < -0.4 is 10.2 Å². The van der Waals surface area contributed by atoms with Gasteiger partial charge in [-0.25, -0.2) is 4.79 Å². The van der Waals surface area contributed by atoms with Gasteiger partial charge in [0.15, 0.2) is 0 Å². The van der Waals surface area contributed by atoms with E-state index in [0.29, 0.717) is 12.5 Å². The number of nitrogens with zero attached hydrogens (tertiary/aromatic N) is 2. The highest BCUT2D eigenvalue weighted by molar-refractivity contribution is 5.66. The van der Waals surface area contributed by atoms with E-state index in [9.17, 15) is 4.79 Å². The molecule has 0 aliphatic rings. The van der Waals surface area contributed by atoms with Crippen molar-refractivity contribution in [1.29, 1.82) is 0 Å². The number of aryl methyl sites for hydroxylation is 1. The molecule has 3 rings (SSSR count). The second-order valence-electron chi connectivity index (χ2n) is 6.21. The van der Waals surface area contributed by atoms with Gasteiger partial charge in [0.05, 0.1) is 12.8 Å². The Labute approximate surface area is 163 Å². The Morgan fingerprint density at radius 3 is 2.36 bits per heavy atom. The van der Waals surface area contributed by atoms with Crippen LogP contribution in [0, 0.1) is 6.92 Å². The second-order valence-corrected chi connectivity index (χ2v) is 6.21. The van der Waals surface area contributed by atoms with Crippen LogP contribution in [0.1, 0.15) is 16.7 Å². The fraction of sp³-hybridized carbons (Fsp3) is 0.238. The molecular weight excluding hydrogens is 358 g/mol. The lowest BCUT2D eigenvalue weighted by Crippen LogP contribution is -2.23. The van der Waals surface area contributed by atoms with Gasteiger partial charge in [-0.3, -0.25) is 9.52 Å². The SMILES string of the molecule is COC(=O)NOCc1ccccc1COc1nn(C)c(-c2ccccc2)c1C. The van der Waals surface area contributed by atoms with Gasteiger partial charge in [0.2, 0.25) is 5.88 Å². The normalized spacial score (nSPS) is 10.5. The van der Waals surface area contributed by atoms with Crippen molar-refractivity contribution >= 4 is 6.09 Å². The summed E-state index contributed by atoms with van der Waals surface area (Å²) in [5, 5.41) is 4.52. The number of amides is 1. The molecule has 1 aromatic heterocycles. The van der Waals surface area contributed by atoms with E-state index in [0.717, 1.165) is 27.9 Å². The molecule has 0 fully saturated rings. The van der Waals surface area contributed by atoms with Gasteiger partial charge in [-0.15, -0.1) is 5.10 Å². The highest BCUT2D eigenvalue weighted by atomic mass is 16.7. The van der Waals surface area contributed by atoms with Crippen molar-refractivity contribution in [3.05, 3.63) is 71.3 Å². The Morgan fingerprint density at radius 1 is 1.04 bits per heavy atom. The first-order valence-corrected chi connectivity index (χ1v) is 8.84. The maximum absolute atomic E-state index is 11.1. The fourth-order valence-corrected chi connectivity index (χ4v) is 2.94. The monoisotopic (exact) mass is 381 g/mol. The van der Waals surface area contributed by atoms with Crippen LogP contribution in [-0.4, -0.2) is 23.0 Å². The number of benzene rings is 2. The summed E-state index contributed by atoms with van der Waals surface area (Å²) < 4.78 is 12.3. The summed E-state index contributed by atoms with van der Waals surface area (Å²) in [4.78, 5) is 16.3. The van der Waals surface area contributed by atoms with Crippen molar-refractivity contribution in [1.82, 2.24) is 15.3 Å². The standard InChI is InChI=1S/C21H23N3O4/c1-15-19(16-9-5-4-6-10-16)24(2)22-20(15)27-13-17-11-7-8-12-18(17)14-28-23-21(25)26-3/h4-12H,13-14H2,1-3H3,(H,23,25). The van der Waals surface area contributed by atoms with E-state index in [-0.39, 0.29) is 6.61 Å². The number of carbonyl (C=O) groups excluding carboxylic acids is 1. The first kappa shape index (κ1) is 19.4. The molecule has 0 saturated carbocycles. The molecule has 0 atom stereocenters. The molecule has 1 N–H and O–H groups in total. The first-order chi connectivity index (χ1) is 13.6. The van der Waals surface area contributed by atoms with Gasteiger partial charge in [0.25, 0.3) is 0 Å². The number of ether oxygens (including phenoxy) is 2. The lowest BCUT2D eigenvalue weighted by molar-refractivity contribution is 0.0244. The second kappa shape index (κ2) is 9.05. The van der Waals surface area contributed by atoms with Crippen LogP contribution in [0.2, 0.25) is 0 Å². The molecule has 0 radical (unpaired) electrons. The Balaban J connectivity index is 1.71. The number of hydroxylamine groups is 1. The average Bonchev–Trinajstić information content (AvgIpc) is 3.01. The fourth-order valence-electron chi connectivity index (χ4n) is 2.94. The van der Waals surface area contributed by atoms with Crippen LogP contribution in [0.5, 0.6) is 5.88 Å². The highest BCUT2D eigenvalue weighted by Crippen LogP contribution is 2.29. The number of methoxy groups -OCH3 is 1. The van der Waals surface area contributed by atoms with Crippen molar-refractivity contribution in [3.63, 3.8) is 0 Å². The summed E-state index contributed by atoms with van der Waals surface area (Å²) in [5.74, 6) is 0.588. The summed E-state index contributed by atoms with van der Waals surface area (Å²) in [6, 6.07) is 17.8. The maximum atomic E-state index is 11.1. The molecule has 2 aromatic carbocycles. The van der Waals surface area contributed by atoms with E-state index >= 15 is 0 Å². The smallest absolute Gasteiger partial charge is 0.431 e. The minimum absolute atomic E-state index is 0.200. The van der Waals surface area contributed by atoms with Crippen LogP contribution in [0.4, 0.5) is 4.79 Å². The zero-order valence-corrected chi connectivity index (χ0v) is 16.1. The molecule has 1 heterocycles. The minimum atomic E-state index is -0.647. The van der Waals surface area contributed by atoms with E-state index in [1.807, 2.05) is 61.1 Å². The lowest BCUT2D eigenvalue weighted by atomic mass is 10.1. The molecular formula is C21H23N3O4. The molecule has 1 amide bonds. The van der Waals surface area contributed by atoms with E-state index in [1.54, 1.807) is 0 Å². The van der Waals surface area contributed by atoms with Gasteiger partial charge in [-0.2, -0.15) is 5.48 Å². The summed E-state index contributed by atoms with van der Waals surface area (Å²) >= 11 is 0. The van der Waals surface area contributed by atoms with Crippen molar-refractivity contribution in [2.45, 2.75) is 20.1 Å². The van der Waals surface area contributed by atoms with Crippen molar-refractivity contribution in [2.24, 2.45) is 7.05 Å². The number of nitrogens with one attached hydrogen (secondary N) is 1. The molecule has 7 nitrogen and oxygen atoms in total. The largest absolute Gasteiger partial charge is 0.472 e. The van der Waals surface area contributed by atoms with Gasteiger partial charge < -0.3 is 9.47 Å². The summed E-state index contributed by atoms with van der Waals surface area (Å²) in [6.07, 6.45) is -0.647. The third-order valence-electron chi connectivity index (χ3n) is 4.34. The van der Waals surface area contributed by atoms with Gasteiger partial charge in [0, 0.05) is 18.2 Å². The zero-order valence-electron chi connectivity index (χ0n) is 16.1. The topological polar surface area (TPSA) is 74.6 Å². The Hall–Kier alpha value is -3.32. The van der Waals surface area contributed by atoms with Gasteiger partial charge >= 0.3 is 6.09 Å². The van der Waals surface area contributed by atoms with Crippen molar-refractivity contribution < 1.29 is 19.1 Å². The Bertz CT molecular complexity index is 938. The minimum Gasteiger partial charge on any atom is -0.472 e. The number of rotatable bonds is 7. The van der Waals surface area contributed by atoms with Gasteiger partial charge in [-0.05, 0) is 18.1 Å². The number of aromatic nitrogens is 2. The van der Waals surface area contributed by atoms with E-state index in [4.69, 9.17) is 9.57 Å². The molecule has 0 saturated heterocycles. The summed E-state index contributed by atoms with van der Waals surface area (Å²) in [5.41, 5.74) is 7.14. The van der Waals surface area contributed by atoms with Gasteiger partial charge in [0.1, 0.15) is 13.2 Å². The molecule has 0 aliphatic carbocycles. The summed E-state index contributed by atoms with van der Waals surface area (Å²) in [6.45, 7) is 2.54. The van der Waals surface area contributed by atoms with E-state index in [1.165, 1.54) is 7.11 Å². The average molecular weight is 381 g/mol. The van der Waals surface area contributed by atoms with Crippen molar-refractivity contribution in [3.8, 4) is 17.1 Å². The predicted octanol–water partition coefficient (Wildman–Crippen LogP) is 3.76. The zero-order chi connectivity index (χ0) is 19.9. The Morgan fingerprint density at radius 2 is 1.68 bits per heavy atom. The van der Waals surface area contributed by atoms with Gasteiger partial charge in [-0.1, -0.05) is 54.6 Å². The van der Waals surface area contributed by atoms with Crippen LogP contribution in [0.25, 0.3) is 11.3 Å². The molecule has 146 valence electrons. The highest BCUT2D eigenvalue weighted by Gasteiger charge is 2.15. The molecule has 0 bridgehead atoms. The molecule has 7 heteroatoms. The molecule has 3 aromatic rings. The summed E-state index contributed by atoms with van der Waals surface area (Å²) in [7, 11) is 3.18. The van der Waals surface area contributed by atoms with Crippen LogP contribution in [-0.2, 0) is 29.8 Å². The van der Waals surface area contributed by atoms with Crippen molar-refractivity contribution in [2.75, 3.05) is 7.11 Å². The van der Waals surface area contributed by atoms with Crippen LogP contribution in [0.3, 0.4) is 0 Å². The number of hydrogen-bond acceptors (Lipinski definition) is 5. The third-order valence-corrected chi connectivity index (χ3v) is 4.34. The van der Waals surface area contributed by atoms with Crippen LogP contribution in [0.15, 0.2) is 54.6 Å². The molecule has 0 spiro atoms. The molecule has 0 aliphatic heterocycles. The number of hydrogen-bond donors (Lipinski definition) is 1. The predicted molar refractivity (Wildman–Crippen MR) is 104 cm³/mol. The first-order valence-electron chi connectivity index (χ1n) is 8.84. The lowest BCUT2D eigenvalue weighted by Gasteiger charge is -2.11. The van der Waals surface area contributed by atoms with E-state index in [2.05, 4.69) is 27.4 Å². The maximum Gasteiger partial charge on any atom is 0.431 e.